The number of piperidine rings is 1. The molecule has 2 aromatic rings. The van der Waals surface area contributed by atoms with Gasteiger partial charge in [0.15, 0.2) is 17.3 Å². The summed E-state index contributed by atoms with van der Waals surface area (Å²) < 4.78 is 16.2. The quantitative estimate of drug-likeness (QED) is 0.784. The van der Waals surface area contributed by atoms with Crippen LogP contribution < -0.4 is 29.7 Å². The largest absolute Gasteiger partial charge is 0.486 e. The molecule has 0 bridgehead atoms. The van der Waals surface area contributed by atoms with E-state index < -0.39 is 0 Å². The van der Waals surface area contributed by atoms with Crippen LogP contribution in [0.3, 0.4) is 0 Å². The Labute approximate surface area is 168 Å². The van der Waals surface area contributed by atoms with Crippen molar-refractivity contribution in [3.8, 4) is 17.5 Å². The van der Waals surface area contributed by atoms with Crippen molar-refractivity contribution >= 4 is 17.7 Å². The second-order valence-corrected chi connectivity index (χ2v) is 6.75. The molecule has 29 heavy (non-hydrogen) atoms. The highest BCUT2D eigenvalue weighted by atomic mass is 16.6. The molecule has 1 aromatic heterocycles. The van der Waals surface area contributed by atoms with Gasteiger partial charge in [-0.3, -0.25) is 0 Å². The Morgan fingerprint density at radius 1 is 1.10 bits per heavy atom. The number of nitrogens with one attached hydrogen (secondary N) is 2. The summed E-state index contributed by atoms with van der Waals surface area (Å²) in [7, 11) is 1.51. The monoisotopic (exact) mass is 400 g/mol. The van der Waals surface area contributed by atoms with E-state index in [9.17, 15) is 4.79 Å². The summed E-state index contributed by atoms with van der Waals surface area (Å²) in [6, 6.07) is 5.12. The van der Waals surface area contributed by atoms with Crippen molar-refractivity contribution in [1.29, 1.82) is 0 Å². The van der Waals surface area contributed by atoms with Crippen molar-refractivity contribution in [2.75, 3.05) is 43.6 Å². The number of benzene rings is 1. The highest BCUT2D eigenvalue weighted by Gasteiger charge is 2.17. The number of methoxy groups -OCH3 is 1. The zero-order chi connectivity index (χ0) is 20.1. The summed E-state index contributed by atoms with van der Waals surface area (Å²) in [5, 5.41) is 5.53. The SMILES string of the molecule is COc1nc(CNC(=O)Nc2ccc3c(c2)OCCO3)nc(N2CCCCC2)n1. The van der Waals surface area contributed by atoms with Crippen LogP contribution in [0.2, 0.25) is 0 Å². The van der Waals surface area contributed by atoms with Crippen LogP contribution in [-0.2, 0) is 6.54 Å². The Morgan fingerprint density at radius 2 is 1.90 bits per heavy atom. The third-order valence-electron chi connectivity index (χ3n) is 4.68. The minimum Gasteiger partial charge on any atom is -0.486 e. The summed E-state index contributed by atoms with van der Waals surface area (Å²) >= 11 is 0. The molecule has 10 heteroatoms. The molecular weight excluding hydrogens is 376 g/mol. The first kappa shape index (κ1) is 19.0. The van der Waals surface area contributed by atoms with E-state index in [-0.39, 0.29) is 18.6 Å². The van der Waals surface area contributed by atoms with E-state index in [2.05, 4.69) is 30.5 Å². The van der Waals surface area contributed by atoms with Gasteiger partial charge in [0.2, 0.25) is 5.95 Å². The van der Waals surface area contributed by atoms with E-state index in [1.54, 1.807) is 18.2 Å². The number of carbonyl (C=O) groups is 1. The number of fused-ring (bicyclic) bond motifs is 1. The van der Waals surface area contributed by atoms with Crippen molar-refractivity contribution < 1.29 is 19.0 Å². The molecule has 1 fully saturated rings. The molecule has 2 amide bonds. The Hall–Kier alpha value is -3.30. The number of hydrogen-bond donors (Lipinski definition) is 2. The van der Waals surface area contributed by atoms with Crippen LogP contribution in [0.15, 0.2) is 18.2 Å². The van der Waals surface area contributed by atoms with Crippen LogP contribution >= 0.6 is 0 Å². The molecule has 10 nitrogen and oxygen atoms in total. The average Bonchev–Trinajstić information content (AvgIpc) is 2.78. The van der Waals surface area contributed by atoms with Gasteiger partial charge in [0.05, 0.1) is 13.7 Å². The van der Waals surface area contributed by atoms with Gasteiger partial charge >= 0.3 is 12.0 Å². The number of anilines is 2. The molecule has 154 valence electrons. The van der Waals surface area contributed by atoms with Crippen LogP contribution in [0.4, 0.5) is 16.4 Å². The van der Waals surface area contributed by atoms with Crippen LogP contribution in [0.1, 0.15) is 25.1 Å². The first-order chi connectivity index (χ1) is 14.2. The van der Waals surface area contributed by atoms with Crippen molar-refractivity contribution in [1.82, 2.24) is 20.3 Å². The molecule has 2 aliphatic heterocycles. The lowest BCUT2D eigenvalue weighted by Gasteiger charge is -2.26. The van der Waals surface area contributed by atoms with Crippen molar-refractivity contribution in [3.05, 3.63) is 24.0 Å². The molecule has 3 heterocycles. The molecule has 0 saturated carbocycles. The molecule has 0 spiro atoms. The summed E-state index contributed by atoms with van der Waals surface area (Å²) in [4.78, 5) is 27.5. The van der Waals surface area contributed by atoms with Gasteiger partial charge in [-0.15, -0.1) is 0 Å². The van der Waals surface area contributed by atoms with Gasteiger partial charge in [-0.25, -0.2) is 4.79 Å². The number of carbonyl (C=O) groups excluding carboxylic acids is 1. The maximum absolute atomic E-state index is 12.3. The molecule has 2 N–H and O–H groups in total. The van der Waals surface area contributed by atoms with Gasteiger partial charge in [-0.1, -0.05) is 0 Å². The summed E-state index contributed by atoms with van der Waals surface area (Å²) in [6.07, 6.45) is 3.44. The Morgan fingerprint density at radius 3 is 2.69 bits per heavy atom. The van der Waals surface area contributed by atoms with Crippen LogP contribution in [0.5, 0.6) is 17.5 Å². The predicted octanol–water partition coefficient (Wildman–Crippen LogP) is 1.96. The molecule has 2 aliphatic rings. The van der Waals surface area contributed by atoms with Crippen molar-refractivity contribution in [2.45, 2.75) is 25.8 Å². The van der Waals surface area contributed by atoms with E-state index >= 15 is 0 Å². The molecule has 4 rings (SSSR count). The van der Waals surface area contributed by atoms with Crippen LogP contribution in [0.25, 0.3) is 0 Å². The minimum atomic E-state index is -0.374. The molecular formula is C19H24N6O4. The van der Waals surface area contributed by atoms with E-state index in [4.69, 9.17) is 14.2 Å². The maximum Gasteiger partial charge on any atom is 0.321 e. The normalized spacial score (nSPS) is 15.6. The molecule has 0 radical (unpaired) electrons. The van der Waals surface area contributed by atoms with Gasteiger partial charge in [-0.2, -0.15) is 15.0 Å². The Bertz CT molecular complexity index is 872. The maximum atomic E-state index is 12.3. The standard InChI is InChI=1S/C19H24N6O4/c1-27-19-23-16(22-17(24-19)25-7-3-2-4-8-25)12-20-18(26)21-13-5-6-14-15(11-13)29-10-9-28-14/h5-6,11H,2-4,7-10,12H2,1H3,(H2,20,21,26). The number of rotatable bonds is 5. The third kappa shape index (κ3) is 4.76. The lowest BCUT2D eigenvalue weighted by atomic mass is 10.1. The first-order valence-electron chi connectivity index (χ1n) is 9.69. The van der Waals surface area contributed by atoms with Crippen LogP contribution in [-0.4, -0.2) is 54.4 Å². The smallest absolute Gasteiger partial charge is 0.321 e. The third-order valence-corrected chi connectivity index (χ3v) is 4.68. The highest BCUT2D eigenvalue weighted by molar-refractivity contribution is 5.89. The van der Waals surface area contributed by atoms with E-state index in [1.165, 1.54) is 13.5 Å². The number of hydrogen-bond acceptors (Lipinski definition) is 8. The van der Waals surface area contributed by atoms with Gasteiger partial charge in [-0.05, 0) is 31.4 Å². The number of amides is 2. The predicted molar refractivity (Wildman–Crippen MR) is 106 cm³/mol. The summed E-state index contributed by atoms with van der Waals surface area (Å²) in [5.74, 6) is 2.31. The van der Waals surface area contributed by atoms with Gasteiger partial charge in [0.25, 0.3) is 0 Å². The molecule has 1 saturated heterocycles. The number of ether oxygens (including phenoxy) is 3. The first-order valence-corrected chi connectivity index (χ1v) is 9.69. The van der Waals surface area contributed by atoms with E-state index in [0.29, 0.717) is 42.2 Å². The zero-order valence-corrected chi connectivity index (χ0v) is 16.3. The highest BCUT2D eigenvalue weighted by Crippen LogP contribution is 2.32. The Kier molecular flexibility index (Phi) is 5.78. The van der Waals surface area contributed by atoms with Gasteiger partial charge in [0, 0.05) is 24.8 Å². The lowest BCUT2D eigenvalue weighted by molar-refractivity contribution is 0.171. The lowest BCUT2D eigenvalue weighted by Crippen LogP contribution is -2.32. The molecule has 0 atom stereocenters. The summed E-state index contributed by atoms with van der Waals surface area (Å²) in [6.45, 7) is 2.98. The second kappa shape index (κ2) is 8.80. The topological polar surface area (TPSA) is 111 Å². The fraction of sp³-hybridized carbons (Fsp3) is 0.474. The minimum absolute atomic E-state index is 0.149. The average molecular weight is 400 g/mol. The molecule has 1 aromatic carbocycles. The second-order valence-electron chi connectivity index (χ2n) is 6.75. The Balaban J connectivity index is 1.38. The molecule has 0 aliphatic carbocycles. The molecule has 0 unspecified atom stereocenters. The number of aromatic nitrogens is 3. The number of nitrogens with zero attached hydrogens (tertiary/aromatic N) is 4. The number of urea groups is 1. The zero-order valence-electron chi connectivity index (χ0n) is 16.3. The fourth-order valence-corrected chi connectivity index (χ4v) is 3.25. The fourth-order valence-electron chi connectivity index (χ4n) is 3.25. The van der Waals surface area contributed by atoms with E-state index in [0.717, 1.165) is 25.9 Å². The van der Waals surface area contributed by atoms with Crippen molar-refractivity contribution in [3.63, 3.8) is 0 Å². The van der Waals surface area contributed by atoms with Crippen molar-refractivity contribution in [2.24, 2.45) is 0 Å². The van der Waals surface area contributed by atoms with Crippen LogP contribution in [0, 0.1) is 0 Å². The van der Waals surface area contributed by atoms with Gasteiger partial charge < -0.3 is 29.7 Å². The summed E-state index contributed by atoms with van der Waals surface area (Å²) in [5.41, 5.74) is 0.606. The van der Waals surface area contributed by atoms with E-state index in [1.807, 2.05) is 0 Å². The van der Waals surface area contributed by atoms with Gasteiger partial charge in [0.1, 0.15) is 13.2 Å².